The topological polar surface area (TPSA) is 59.1 Å². The number of morpholine rings is 1. The van der Waals surface area contributed by atoms with Gasteiger partial charge < -0.3 is 14.4 Å². The highest BCUT2D eigenvalue weighted by Crippen LogP contribution is 2.36. The molecule has 4 rings (SSSR count). The average molecular weight is 424 g/mol. The van der Waals surface area contributed by atoms with Crippen molar-refractivity contribution in [1.29, 1.82) is 0 Å². The third-order valence-corrected chi connectivity index (χ3v) is 5.21. The van der Waals surface area contributed by atoms with Gasteiger partial charge in [-0.15, -0.1) is 0 Å². The number of hydrogen-bond acceptors (Lipinski definition) is 5. The molecule has 2 aliphatic rings. The monoisotopic (exact) mass is 424 g/mol. The fraction of sp³-hybridized carbons (Fsp3) is 0.333. The Balaban J connectivity index is 1.73. The fourth-order valence-corrected chi connectivity index (χ4v) is 3.69. The third kappa shape index (κ3) is 4.18. The molecule has 6 nitrogen and oxygen atoms in total. The first kappa shape index (κ1) is 21.1. The number of nitrogens with zero attached hydrogens (tertiary/aromatic N) is 2. The summed E-state index contributed by atoms with van der Waals surface area (Å²) in [7, 11) is 0. The number of ether oxygens (including phenoxy) is 2. The SMILES string of the molecule is CC(C)COc1ccc(C2=C(N3CCOCC3)C(=O)N(c3ccccc3F)C2=O)cc1. The van der Waals surface area contributed by atoms with Gasteiger partial charge in [-0.3, -0.25) is 9.59 Å². The molecule has 0 saturated carbocycles. The molecule has 1 saturated heterocycles. The molecule has 162 valence electrons. The molecular formula is C24H25FN2O4. The second kappa shape index (κ2) is 8.89. The average Bonchev–Trinajstić information content (AvgIpc) is 3.03. The number of anilines is 1. The zero-order valence-corrected chi connectivity index (χ0v) is 17.6. The van der Waals surface area contributed by atoms with Gasteiger partial charge >= 0.3 is 0 Å². The lowest BCUT2D eigenvalue weighted by molar-refractivity contribution is -0.121. The number of carbonyl (C=O) groups is 2. The number of carbonyl (C=O) groups excluding carboxylic acids is 2. The number of benzene rings is 2. The van der Waals surface area contributed by atoms with Crippen LogP contribution in [0.2, 0.25) is 0 Å². The van der Waals surface area contributed by atoms with Crippen LogP contribution in [0.25, 0.3) is 5.57 Å². The minimum atomic E-state index is -0.621. The van der Waals surface area contributed by atoms with Crippen LogP contribution in [-0.4, -0.2) is 49.6 Å². The van der Waals surface area contributed by atoms with Crippen molar-refractivity contribution in [2.45, 2.75) is 13.8 Å². The molecule has 0 unspecified atom stereocenters. The maximum Gasteiger partial charge on any atom is 0.282 e. The summed E-state index contributed by atoms with van der Waals surface area (Å²) in [6.07, 6.45) is 0. The van der Waals surface area contributed by atoms with Gasteiger partial charge in [-0.2, -0.15) is 0 Å². The van der Waals surface area contributed by atoms with Crippen LogP contribution in [0, 0.1) is 11.7 Å². The van der Waals surface area contributed by atoms with E-state index in [0.717, 1.165) is 4.90 Å². The lowest BCUT2D eigenvalue weighted by Gasteiger charge is -2.29. The summed E-state index contributed by atoms with van der Waals surface area (Å²) >= 11 is 0. The Kier molecular flexibility index (Phi) is 6.04. The normalized spacial score (nSPS) is 17.2. The number of hydrogen-bond donors (Lipinski definition) is 0. The molecule has 0 spiro atoms. The molecule has 7 heteroatoms. The molecule has 2 aromatic carbocycles. The van der Waals surface area contributed by atoms with Gasteiger partial charge in [-0.25, -0.2) is 9.29 Å². The molecule has 1 fully saturated rings. The molecule has 0 atom stereocenters. The number of imide groups is 1. The van der Waals surface area contributed by atoms with Gasteiger partial charge in [0, 0.05) is 13.1 Å². The second-order valence-corrected chi connectivity index (χ2v) is 7.95. The van der Waals surface area contributed by atoms with E-state index in [-0.39, 0.29) is 17.0 Å². The van der Waals surface area contributed by atoms with Crippen LogP contribution in [-0.2, 0) is 14.3 Å². The fourth-order valence-electron chi connectivity index (χ4n) is 3.69. The van der Waals surface area contributed by atoms with E-state index in [0.29, 0.717) is 50.1 Å². The Labute approximate surface area is 180 Å². The van der Waals surface area contributed by atoms with E-state index in [1.54, 1.807) is 30.3 Å². The largest absolute Gasteiger partial charge is 0.493 e. The summed E-state index contributed by atoms with van der Waals surface area (Å²) in [5, 5.41) is 0. The van der Waals surface area contributed by atoms with Crippen LogP contribution < -0.4 is 9.64 Å². The second-order valence-electron chi connectivity index (χ2n) is 7.95. The van der Waals surface area contributed by atoms with E-state index in [1.807, 2.05) is 4.90 Å². The highest BCUT2D eigenvalue weighted by Gasteiger charge is 2.43. The van der Waals surface area contributed by atoms with E-state index in [4.69, 9.17) is 9.47 Å². The zero-order valence-electron chi connectivity index (χ0n) is 17.6. The van der Waals surface area contributed by atoms with Crippen molar-refractivity contribution in [2.75, 3.05) is 37.8 Å². The standard InChI is InChI=1S/C24H25FN2O4/c1-16(2)15-31-18-9-7-17(8-10-18)21-22(26-11-13-30-14-12-26)24(29)27(23(21)28)20-6-4-3-5-19(20)25/h3-10,16H,11-15H2,1-2H3. The number of halogens is 1. The highest BCUT2D eigenvalue weighted by molar-refractivity contribution is 6.45. The smallest absolute Gasteiger partial charge is 0.282 e. The first-order chi connectivity index (χ1) is 15.0. The Morgan fingerprint density at radius 1 is 1.00 bits per heavy atom. The van der Waals surface area contributed by atoms with Crippen molar-refractivity contribution in [3.05, 3.63) is 65.6 Å². The van der Waals surface area contributed by atoms with Gasteiger partial charge in [0.2, 0.25) is 0 Å². The van der Waals surface area contributed by atoms with E-state index in [2.05, 4.69) is 13.8 Å². The van der Waals surface area contributed by atoms with Crippen LogP contribution in [0.3, 0.4) is 0 Å². The molecule has 0 N–H and O–H groups in total. The quantitative estimate of drug-likeness (QED) is 0.665. The molecule has 31 heavy (non-hydrogen) atoms. The lowest BCUT2D eigenvalue weighted by atomic mass is 10.0. The number of amides is 2. The molecule has 0 aliphatic carbocycles. The molecule has 2 heterocycles. The summed E-state index contributed by atoms with van der Waals surface area (Å²) in [5.74, 6) is -0.601. The van der Waals surface area contributed by atoms with Gasteiger partial charge in [-0.1, -0.05) is 38.1 Å². The van der Waals surface area contributed by atoms with Crippen molar-refractivity contribution < 1.29 is 23.5 Å². The van der Waals surface area contributed by atoms with E-state index < -0.39 is 17.6 Å². The molecule has 2 aromatic rings. The first-order valence-electron chi connectivity index (χ1n) is 10.4. The maximum atomic E-state index is 14.5. The number of para-hydroxylation sites is 1. The number of rotatable bonds is 6. The van der Waals surface area contributed by atoms with E-state index in [9.17, 15) is 14.0 Å². The zero-order chi connectivity index (χ0) is 22.0. The van der Waals surface area contributed by atoms with Crippen molar-refractivity contribution in [3.63, 3.8) is 0 Å². The van der Waals surface area contributed by atoms with Crippen LogP contribution >= 0.6 is 0 Å². The molecule has 0 aromatic heterocycles. The minimum Gasteiger partial charge on any atom is -0.493 e. The van der Waals surface area contributed by atoms with E-state index >= 15 is 0 Å². The highest BCUT2D eigenvalue weighted by atomic mass is 19.1. The van der Waals surface area contributed by atoms with Crippen LogP contribution in [0.1, 0.15) is 19.4 Å². The van der Waals surface area contributed by atoms with Crippen molar-refractivity contribution in [2.24, 2.45) is 5.92 Å². The predicted molar refractivity (Wildman–Crippen MR) is 115 cm³/mol. The molecule has 0 radical (unpaired) electrons. The minimum absolute atomic E-state index is 0.0462. The Morgan fingerprint density at radius 3 is 2.32 bits per heavy atom. The molecule has 2 amide bonds. The van der Waals surface area contributed by atoms with Crippen molar-refractivity contribution in [1.82, 2.24) is 4.90 Å². The molecule has 2 aliphatic heterocycles. The Morgan fingerprint density at radius 2 is 1.68 bits per heavy atom. The summed E-state index contributed by atoms with van der Waals surface area (Å²) in [6.45, 7) is 6.60. The van der Waals surface area contributed by atoms with Crippen LogP contribution in [0.15, 0.2) is 54.2 Å². The Bertz CT molecular complexity index is 1010. The predicted octanol–water partition coefficient (Wildman–Crippen LogP) is 3.48. The Hall–Kier alpha value is -3.19. The van der Waals surface area contributed by atoms with Crippen LogP contribution in [0.4, 0.5) is 10.1 Å². The summed E-state index contributed by atoms with van der Waals surface area (Å²) in [5.41, 5.74) is 1.10. The summed E-state index contributed by atoms with van der Waals surface area (Å²) in [4.78, 5) is 29.6. The first-order valence-corrected chi connectivity index (χ1v) is 10.4. The van der Waals surface area contributed by atoms with Gasteiger partial charge in [-0.05, 0) is 35.7 Å². The molecule has 0 bridgehead atoms. The summed E-state index contributed by atoms with van der Waals surface area (Å²) < 4.78 is 25.6. The van der Waals surface area contributed by atoms with Gasteiger partial charge in [0.25, 0.3) is 11.8 Å². The lowest BCUT2D eigenvalue weighted by Crippen LogP contribution is -2.40. The van der Waals surface area contributed by atoms with Crippen molar-refractivity contribution >= 4 is 23.1 Å². The van der Waals surface area contributed by atoms with Gasteiger partial charge in [0.1, 0.15) is 17.3 Å². The third-order valence-electron chi connectivity index (χ3n) is 5.21. The van der Waals surface area contributed by atoms with E-state index in [1.165, 1.54) is 18.2 Å². The summed E-state index contributed by atoms with van der Waals surface area (Å²) in [6, 6.07) is 12.9. The molecular weight excluding hydrogens is 399 g/mol. The van der Waals surface area contributed by atoms with Crippen LogP contribution in [0.5, 0.6) is 5.75 Å². The van der Waals surface area contributed by atoms with Gasteiger partial charge in [0.15, 0.2) is 0 Å². The maximum absolute atomic E-state index is 14.5. The van der Waals surface area contributed by atoms with Gasteiger partial charge in [0.05, 0.1) is 31.1 Å². The van der Waals surface area contributed by atoms with Crippen molar-refractivity contribution in [3.8, 4) is 5.75 Å².